The van der Waals surface area contributed by atoms with E-state index in [0.717, 1.165) is 31.0 Å². The molecule has 5 N–H and O–H groups in total. The Morgan fingerprint density at radius 1 is 1.32 bits per heavy atom. The van der Waals surface area contributed by atoms with Gasteiger partial charge in [0.1, 0.15) is 6.10 Å². The topological polar surface area (TPSA) is 92.0 Å². The predicted octanol–water partition coefficient (Wildman–Crippen LogP) is 1.93. The molecule has 6 heteroatoms. The zero-order valence-electron chi connectivity index (χ0n) is 11.3. The van der Waals surface area contributed by atoms with Crippen molar-refractivity contribution in [3.63, 3.8) is 0 Å². The van der Waals surface area contributed by atoms with E-state index >= 15 is 0 Å². The van der Waals surface area contributed by atoms with E-state index in [0.29, 0.717) is 20.9 Å². The van der Waals surface area contributed by atoms with Crippen molar-refractivity contribution < 1.29 is 5.11 Å². The molecule has 0 radical (unpaired) electrons. The van der Waals surface area contributed by atoms with E-state index in [9.17, 15) is 5.11 Å². The van der Waals surface area contributed by atoms with Gasteiger partial charge in [0.2, 0.25) is 0 Å². The van der Waals surface area contributed by atoms with Gasteiger partial charge in [-0.05, 0) is 48.8 Å². The third-order valence-corrected chi connectivity index (χ3v) is 4.49. The smallest absolute Gasteiger partial charge is 0.111 e. The zero-order valence-corrected chi connectivity index (χ0v) is 13.4. The Balaban J connectivity index is 2.96. The molecule has 19 heavy (non-hydrogen) atoms. The van der Waals surface area contributed by atoms with Gasteiger partial charge in [-0.2, -0.15) is 0 Å². The molecule has 0 aromatic carbocycles. The SMILES string of the molecule is CN/C(I)=C(\C=N)C(O)/C(C=N)=C(\C)NC1CCC1. The van der Waals surface area contributed by atoms with E-state index in [2.05, 4.69) is 10.6 Å². The summed E-state index contributed by atoms with van der Waals surface area (Å²) in [5.74, 6) is 0. The number of hydrogen-bond donors (Lipinski definition) is 5. The number of allylic oxidation sites excluding steroid dienone is 1. The number of hydrogen-bond acceptors (Lipinski definition) is 5. The lowest BCUT2D eigenvalue weighted by molar-refractivity contribution is 0.256. The number of halogens is 1. The van der Waals surface area contributed by atoms with Crippen LogP contribution in [0.1, 0.15) is 26.2 Å². The van der Waals surface area contributed by atoms with E-state index in [1.807, 2.05) is 29.5 Å². The highest BCUT2D eigenvalue weighted by Crippen LogP contribution is 2.22. The molecule has 1 saturated carbocycles. The highest BCUT2D eigenvalue weighted by atomic mass is 127. The number of aliphatic hydroxyl groups is 1. The monoisotopic (exact) mass is 376 g/mol. The van der Waals surface area contributed by atoms with Crippen molar-refractivity contribution in [3.8, 4) is 0 Å². The first-order valence-electron chi connectivity index (χ1n) is 6.28. The minimum atomic E-state index is -0.957. The lowest BCUT2D eigenvalue weighted by Gasteiger charge is -2.29. The normalized spacial score (nSPS) is 19.6. The Morgan fingerprint density at radius 2 is 1.89 bits per heavy atom. The maximum absolute atomic E-state index is 10.3. The number of rotatable bonds is 7. The Bertz CT molecular complexity index is 413. The second-order valence-corrected chi connectivity index (χ2v) is 5.64. The van der Waals surface area contributed by atoms with Crippen LogP contribution in [0.3, 0.4) is 0 Å². The van der Waals surface area contributed by atoms with E-state index in [1.165, 1.54) is 6.42 Å². The minimum absolute atomic E-state index is 0.456. The summed E-state index contributed by atoms with van der Waals surface area (Å²) in [6.45, 7) is 1.87. The summed E-state index contributed by atoms with van der Waals surface area (Å²) in [6, 6.07) is 0.456. The molecular weight excluding hydrogens is 355 g/mol. The summed E-state index contributed by atoms with van der Waals surface area (Å²) in [7, 11) is 1.74. The fourth-order valence-corrected chi connectivity index (χ4v) is 2.36. The largest absolute Gasteiger partial charge is 0.385 e. The molecule has 1 fully saturated rings. The molecule has 0 spiro atoms. The standard InChI is InChI=1S/C13H21IN4O/c1-8(18-9-4-3-5-9)10(6-15)12(19)11(7-16)13(14)17-2/h6-7,9,12,15-19H,3-5H2,1-2H3/b10-8+,13-11+,15-6?,16-7?. The van der Waals surface area contributed by atoms with Crippen LogP contribution >= 0.6 is 22.6 Å². The summed E-state index contributed by atoms with van der Waals surface area (Å²) >= 11 is 2.04. The van der Waals surface area contributed by atoms with E-state index in [-0.39, 0.29) is 0 Å². The lowest BCUT2D eigenvalue weighted by atomic mass is 9.92. The van der Waals surface area contributed by atoms with Crippen LogP contribution in [0.2, 0.25) is 0 Å². The summed E-state index contributed by atoms with van der Waals surface area (Å²) in [4.78, 5) is 0. The van der Waals surface area contributed by atoms with Gasteiger partial charge in [-0.1, -0.05) is 0 Å². The molecule has 0 aliphatic heterocycles. The van der Waals surface area contributed by atoms with E-state index in [1.54, 1.807) is 7.05 Å². The van der Waals surface area contributed by atoms with Gasteiger partial charge in [-0.25, -0.2) is 0 Å². The molecule has 0 aromatic rings. The van der Waals surface area contributed by atoms with Crippen LogP contribution in [0.5, 0.6) is 0 Å². The Kier molecular flexibility index (Phi) is 6.50. The lowest BCUT2D eigenvalue weighted by Crippen LogP contribution is -2.35. The van der Waals surface area contributed by atoms with Crippen molar-refractivity contribution in [1.82, 2.24) is 10.6 Å². The quantitative estimate of drug-likeness (QED) is 0.267. The molecule has 0 bridgehead atoms. The first-order chi connectivity index (χ1) is 9.04. The Hall–Kier alpha value is -0.890. The highest BCUT2D eigenvalue weighted by molar-refractivity contribution is 14.1. The molecular formula is C13H21IN4O. The highest BCUT2D eigenvalue weighted by Gasteiger charge is 2.22. The van der Waals surface area contributed by atoms with E-state index in [4.69, 9.17) is 10.8 Å². The molecule has 1 unspecified atom stereocenters. The molecule has 0 amide bonds. The molecule has 0 heterocycles. The van der Waals surface area contributed by atoms with Gasteiger partial charge >= 0.3 is 0 Å². The van der Waals surface area contributed by atoms with Crippen molar-refractivity contribution in [3.05, 3.63) is 20.5 Å². The summed E-state index contributed by atoms with van der Waals surface area (Å²) < 4.78 is 0.705. The fraction of sp³-hybridized carbons (Fsp3) is 0.538. The van der Waals surface area contributed by atoms with Crippen molar-refractivity contribution in [2.45, 2.75) is 38.3 Å². The van der Waals surface area contributed by atoms with Gasteiger partial charge in [0.25, 0.3) is 0 Å². The average molecular weight is 376 g/mol. The second-order valence-electron chi connectivity index (χ2n) is 4.56. The van der Waals surface area contributed by atoms with Crippen molar-refractivity contribution in [1.29, 1.82) is 10.8 Å². The van der Waals surface area contributed by atoms with Crippen LogP contribution in [-0.4, -0.2) is 36.7 Å². The number of aliphatic hydroxyl groups excluding tert-OH is 1. The van der Waals surface area contributed by atoms with E-state index < -0.39 is 6.10 Å². The summed E-state index contributed by atoms with van der Waals surface area (Å²) in [5.41, 5.74) is 1.79. The van der Waals surface area contributed by atoms with Crippen molar-refractivity contribution >= 4 is 35.0 Å². The third kappa shape index (κ3) is 4.04. The van der Waals surface area contributed by atoms with Crippen molar-refractivity contribution in [2.24, 2.45) is 0 Å². The molecule has 106 valence electrons. The Morgan fingerprint density at radius 3 is 2.26 bits per heavy atom. The maximum Gasteiger partial charge on any atom is 0.111 e. The van der Waals surface area contributed by atoms with Gasteiger partial charge in [0.05, 0.1) is 3.70 Å². The molecule has 0 saturated heterocycles. The van der Waals surface area contributed by atoms with Crippen LogP contribution in [0.25, 0.3) is 0 Å². The van der Waals surface area contributed by atoms with Crippen LogP contribution in [0.4, 0.5) is 0 Å². The first kappa shape index (κ1) is 16.2. The zero-order chi connectivity index (χ0) is 14.4. The molecule has 5 nitrogen and oxygen atoms in total. The van der Waals surface area contributed by atoms with Gasteiger partial charge in [-0.3, -0.25) is 0 Å². The van der Waals surface area contributed by atoms with Crippen LogP contribution in [0, 0.1) is 10.8 Å². The summed E-state index contributed by atoms with van der Waals surface area (Å²) in [5, 5.41) is 31.5. The first-order valence-corrected chi connectivity index (χ1v) is 7.36. The number of nitrogens with one attached hydrogen (secondary N) is 4. The third-order valence-electron chi connectivity index (χ3n) is 3.33. The average Bonchev–Trinajstić information content (AvgIpc) is 2.35. The van der Waals surface area contributed by atoms with Crippen LogP contribution in [0.15, 0.2) is 20.5 Å². The maximum atomic E-state index is 10.3. The molecule has 1 atom stereocenters. The Labute approximate surface area is 127 Å². The van der Waals surface area contributed by atoms with Crippen molar-refractivity contribution in [2.75, 3.05) is 7.05 Å². The molecule has 1 aliphatic carbocycles. The second kappa shape index (κ2) is 7.64. The van der Waals surface area contributed by atoms with Crippen LogP contribution < -0.4 is 10.6 Å². The predicted molar refractivity (Wildman–Crippen MR) is 87.2 cm³/mol. The minimum Gasteiger partial charge on any atom is -0.385 e. The molecule has 1 aliphatic rings. The molecule has 1 rings (SSSR count). The summed E-state index contributed by atoms with van der Waals surface area (Å²) in [6.07, 6.45) is 4.84. The van der Waals surface area contributed by atoms with Gasteiger partial charge < -0.3 is 26.6 Å². The van der Waals surface area contributed by atoms with Gasteiger partial charge in [0.15, 0.2) is 0 Å². The van der Waals surface area contributed by atoms with Gasteiger partial charge in [0, 0.05) is 42.4 Å². The fourth-order valence-electron chi connectivity index (χ4n) is 1.91. The molecule has 0 aromatic heterocycles. The van der Waals surface area contributed by atoms with Crippen LogP contribution in [-0.2, 0) is 0 Å². The van der Waals surface area contributed by atoms with Gasteiger partial charge in [-0.15, -0.1) is 0 Å².